The van der Waals surface area contributed by atoms with Gasteiger partial charge in [0.2, 0.25) is 0 Å². The molecule has 3 aromatic rings. The Morgan fingerprint density at radius 1 is 1.16 bits per heavy atom. The molecule has 0 aliphatic carbocycles. The summed E-state index contributed by atoms with van der Waals surface area (Å²) in [6.07, 6.45) is 0. The van der Waals surface area contributed by atoms with Gasteiger partial charge < -0.3 is 4.74 Å². The lowest BCUT2D eigenvalue weighted by Gasteiger charge is -2.07. The topological polar surface area (TPSA) is 57.0 Å². The van der Waals surface area contributed by atoms with Crippen LogP contribution in [0.5, 0.6) is 6.01 Å². The van der Waals surface area contributed by atoms with Gasteiger partial charge in [-0.2, -0.15) is 9.67 Å². The van der Waals surface area contributed by atoms with Crippen LogP contribution < -0.4 is 4.74 Å². The smallest absolute Gasteiger partial charge is 0.336 e. The van der Waals surface area contributed by atoms with Gasteiger partial charge in [0.05, 0.1) is 16.7 Å². The van der Waals surface area contributed by atoms with Gasteiger partial charge in [0, 0.05) is 11.1 Å². The minimum Gasteiger partial charge on any atom is -0.463 e. The molecule has 0 saturated heterocycles. The summed E-state index contributed by atoms with van der Waals surface area (Å²) < 4.78 is 6.59. The van der Waals surface area contributed by atoms with Crippen molar-refractivity contribution in [1.29, 1.82) is 0 Å². The Morgan fingerprint density at radius 2 is 1.92 bits per heavy atom. The number of rotatable bonds is 4. The van der Waals surface area contributed by atoms with Crippen molar-refractivity contribution in [3.8, 4) is 17.4 Å². The minimum atomic E-state index is -0.294. The lowest BCUT2D eigenvalue weighted by molar-refractivity contribution is 0.0944. The number of carbonyl (C=O) groups excluding carboxylic acids is 1. The second-order valence-electron chi connectivity index (χ2n) is 5.31. The molecule has 7 heteroatoms. The zero-order chi connectivity index (χ0) is 18.0. The fourth-order valence-electron chi connectivity index (χ4n) is 2.37. The fourth-order valence-corrected chi connectivity index (χ4v) is 2.67. The summed E-state index contributed by atoms with van der Waals surface area (Å²) >= 11 is 12.1. The van der Waals surface area contributed by atoms with E-state index in [9.17, 15) is 4.79 Å². The highest BCUT2D eigenvalue weighted by molar-refractivity contribution is 6.42. The summed E-state index contributed by atoms with van der Waals surface area (Å²) in [7, 11) is 0. The van der Waals surface area contributed by atoms with E-state index in [-0.39, 0.29) is 11.9 Å². The van der Waals surface area contributed by atoms with Crippen LogP contribution in [0.25, 0.3) is 11.4 Å². The van der Waals surface area contributed by atoms with E-state index in [2.05, 4.69) is 10.1 Å². The monoisotopic (exact) mass is 375 g/mol. The molecule has 0 saturated carbocycles. The molecule has 0 aliphatic rings. The van der Waals surface area contributed by atoms with Crippen LogP contribution in [0.15, 0.2) is 42.5 Å². The molecule has 1 heterocycles. The number of hydrogen-bond acceptors (Lipinski definition) is 4. The van der Waals surface area contributed by atoms with E-state index in [0.717, 1.165) is 5.56 Å². The van der Waals surface area contributed by atoms with Crippen LogP contribution in [0.4, 0.5) is 0 Å². The molecular weight excluding hydrogens is 361 g/mol. The Hall–Kier alpha value is -2.37. The Kier molecular flexibility index (Phi) is 5.06. The zero-order valence-corrected chi connectivity index (χ0v) is 15.2. The third kappa shape index (κ3) is 3.52. The first-order valence-electron chi connectivity index (χ1n) is 7.67. The van der Waals surface area contributed by atoms with Gasteiger partial charge in [0.15, 0.2) is 5.82 Å². The second-order valence-corrected chi connectivity index (χ2v) is 6.13. The molecule has 0 aliphatic heterocycles. The van der Waals surface area contributed by atoms with Crippen LogP contribution in [0, 0.1) is 6.92 Å². The number of halogens is 2. The number of aryl methyl sites for hydroxylation is 1. The standard InChI is InChI=1S/C18H15Cl2N3O2/c1-3-25-18-21-16(12-8-9-14(19)15(20)10-12)23(22-18)17(24)13-7-5-4-6-11(13)2/h4-10H,3H2,1-2H3. The number of hydrogen-bond donors (Lipinski definition) is 0. The zero-order valence-electron chi connectivity index (χ0n) is 13.7. The summed E-state index contributed by atoms with van der Waals surface area (Å²) in [5, 5.41) is 5.00. The molecule has 3 rings (SSSR count). The average Bonchev–Trinajstić information content (AvgIpc) is 3.01. The van der Waals surface area contributed by atoms with Gasteiger partial charge in [-0.3, -0.25) is 4.79 Å². The van der Waals surface area contributed by atoms with Crippen LogP contribution in [-0.4, -0.2) is 27.3 Å². The Balaban J connectivity index is 2.13. The van der Waals surface area contributed by atoms with Gasteiger partial charge >= 0.3 is 6.01 Å². The maximum Gasteiger partial charge on any atom is 0.336 e. The van der Waals surface area contributed by atoms with Crippen molar-refractivity contribution < 1.29 is 9.53 Å². The summed E-state index contributed by atoms with van der Waals surface area (Å²) in [5.41, 5.74) is 2.01. The molecule has 0 bridgehead atoms. The molecule has 0 radical (unpaired) electrons. The van der Waals surface area contributed by atoms with Gasteiger partial charge in [-0.25, -0.2) is 0 Å². The van der Waals surface area contributed by atoms with Gasteiger partial charge in [-0.15, -0.1) is 5.10 Å². The van der Waals surface area contributed by atoms with Gasteiger partial charge in [0.1, 0.15) is 0 Å². The summed E-state index contributed by atoms with van der Waals surface area (Å²) in [6, 6.07) is 12.5. The average molecular weight is 376 g/mol. The van der Waals surface area contributed by atoms with Crippen molar-refractivity contribution in [1.82, 2.24) is 14.8 Å². The predicted molar refractivity (Wildman–Crippen MR) is 97.6 cm³/mol. The highest BCUT2D eigenvalue weighted by Crippen LogP contribution is 2.29. The number of aromatic nitrogens is 3. The Bertz CT molecular complexity index is 938. The first-order chi connectivity index (χ1) is 12.0. The highest BCUT2D eigenvalue weighted by atomic mass is 35.5. The molecule has 25 heavy (non-hydrogen) atoms. The van der Waals surface area contributed by atoms with E-state index in [1.807, 2.05) is 26.0 Å². The first-order valence-corrected chi connectivity index (χ1v) is 8.42. The van der Waals surface area contributed by atoms with E-state index in [1.165, 1.54) is 4.68 Å². The van der Waals surface area contributed by atoms with E-state index in [0.29, 0.717) is 33.6 Å². The highest BCUT2D eigenvalue weighted by Gasteiger charge is 2.21. The molecule has 0 amide bonds. The largest absolute Gasteiger partial charge is 0.463 e. The molecule has 0 atom stereocenters. The molecule has 0 fully saturated rings. The summed E-state index contributed by atoms with van der Waals surface area (Å²) in [5.74, 6) is 0.0490. The molecule has 2 aromatic carbocycles. The van der Waals surface area contributed by atoms with Crippen molar-refractivity contribution in [3.05, 3.63) is 63.6 Å². The van der Waals surface area contributed by atoms with Crippen LogP contribution in [0.2, 0.25) is 10.0 Å². The maximum atomic E-state index is 13.0. The molecule has 1 aromatic heterocycles. The van der Waals surface area contributed by atoms with Gasteiger partial charge in [-0.1, -0.05) is 41.4 Å². The third-order valence-electron chi connectivity index (χ3n) is 3.61. The predicted octanol–water partition coefficient (Wildman–Crippen LogP) is 4.65. The SMILES string of the molecule is CCOc1nc(-c2ccc(Cl)c(Cl)c2)n(C(=O)c2ccccc2C)n1. The van der Waals surface area contributed by atoms with Crippen LogP contribution >= 0.6 is 23.2 Å². The lowest BCUT2D eigenvalue weighted by Crippen LogP contribution is -2.16. The lowest BCUT2D eigenvalue weighted by atomic mass is 10.1. The summed E-state index contributed by atoms with van der Waals surface area (Å²) in [4.78, 5) is 17.3. The van der Waals surface area contributed by atoms with Crippen LogP contribution in [-0.2, 0) is 0 Å². The molecule has 5 nitrogen and oxygen atoms in total. The Morgan fingerprint density at radius 3 is 2.60 bits per heavy atom. The Labute approximate surface area is 155 Å². The van der Waals surface area contributed by atoms with Crippen molar-refractivity contribution in [3.63, 3.8) is 0 Å². The van der Waals surface area contributed by atoms with Gasteiger partial charge in [-0.05, 0) is 43.7 Å². The van der Waals surface area contributed by atoms with Crippen molar-refractivity contribution >= 4 is 29.1 Å². The number of nitrogens with zero attached hydrogens (tertiary/aromatic N) is 3. The quantitative estimate of drug-likeness (QED) is 0.665. The molecule has 0 unspecified atom stereocenters. The second kappa shape index (κ2) is 7.25. The van der Waals surface area contributed by atoms with Crippen molar-refractivity contribution in [2.24, 2.45) is 0 Å². The first kappa shape index (κ1) is 17.5. The molecule has 0 spiro atoms. The minimum absolute atomic E-state index is 0.130. The number of ether oxygens (including phenoxy) is 1. The van der Waals surface area contributed by atoms with Crippen LogP contribution in [0.1, 0.15) is 22.8 Å². The van der Waals surface area contributed by atoms with E-state index >= 15 is 0 Å². The fraction of sp³-hybridized carbons (Fsp3) is 0.167. The van der Waals surface area contributed by atoms with E-state index < -0.39 is 0 Å². The van der Waals surface area contributed by atoms with E-state index in [1.54, 1.807) is 30.3 Å². The number of benzene rings is 2. The maximum absolute atomic E-state index is 13.0. The van der Waals surface area contributed by atoms with E-state index in [4.69, 9.17) is 27.9 Å². The van der Waals surface area contributed by atoms with Crippen molar-refractivity contribution in [2.45, 2.75) is 13.8 Å². The molecular formula is C18H15Cl2N3O2. The molecule has 0 N–H and O–H groups in total. The number of carbonyl (C=O) groups is 1. The summed E-state index contributed by atoms with van der Waals surface area (Å²) in [6.45, 7) is 4.08. The normalized spacial score (nSPS) is 10.7. The van der Waals surface area contributed by atoms with Crippen LogP contribution in [0.3, 0.4) is 0 Å². The third-order valence-corrected chi connectivity index (χ3v) is 4.35. The van der Waals surface area contributed by atoms with Gasteiger partial charge in [0.25, 0.3) is 5.91 Å². The van der Waals surface area contributed by atoms with Crippen molar-refractivity contribution in [2.75, 3.05) is 6.61 Å². The molecule has 128 valence electrons.